The van der Waals surface area contributed by atoms with Crippen molar-refractivity contribution in [1.82, 2.24) is 0 Å². The van der Waals surface area contributed by atoms with E-state index in [1.165, 1.54) is 71.9 Å². The van der Waals surface area contributed by atoms with Crippen LogP contribution in [-0.2, 0) is 25.9 Å². The SMILES string of the molecule is Cc1ccc2cc(/C=C/c3cc[n+]4c(c3)-c3c(ccc5c3-c3c6ccccc6cc[n+]3CC5)CC4)ccc2c1. The van der Waals surface area contributed by atoms with E-state index in [9.17, 15) is 0 Å². The Hall–Kier alpha value is -4.56. The van der Waals surface area contributed by atoms with E-state index in [4.69, 9.17) is 0 Å². The largest absolute Gasteiger partial charge is 0.221 e. The zero-order valence-corrected chi connectivity index (χ0v) is 22.2. The van der Waals surface area contributed by atoms with Gasteiger partial charge in [-0.3, -0.25) is 0 Å². The van der Waals surface area contributed by atoms with Gasteiger partial charge in [-0.15, -0.1) is 0 Å². The molecule has 0 amide bonds. The molecule has 6 aromatic rings. The first kappa shape index (κ1) is 22.4. The summed E-state index contributed by atoms with van der Waals surface area (Å²) in [5, 5.41) is 5.23. The summed E-state index contributed by atoms with van der Waals surface area (Å²) in [6.07, 6.45) is 11.2. The zero-order valence-electron chi connectivity index (χ0n) is 22.2. The smallest absolute Gasteiger partial charge is 0.198 e. The van der Waals surface area contributed by atoms with Gasteiger partial charge < -0.3 is 0 Å². The Morgan fingerprint density at radius 1 is 0.590 bits per heavy atom. The number of benzene rings is 4. The molecule has 0 N–H and O–H groups in total. The van der Waals surface area contributed by atoms with Crippen molar-refractivity contribution in [3.63, 3.8) is 0 Å². The Morgan fingerprint density at radius 3 is 2.21 bits per heavy atom. The lowest BCUT2D eigenvalue weighted by Crippen LogP contribution is -2.43. The molecule has 0 fully saturated rings. The van der Waals surface area contributed by atoms with Gasteiger partial charge in [-0.2, -0.15) is 9.13 Å². The molecule has 186 valence electrons. The van der Waals surface area contributed by atoms with Crippen LogP contribution in [0.1, 0.15) is 27.8 Å². The molecule has 2 aliphatic heterocycles. The maximum Gasteiger partial charge on any atom is 0.221 e. The first-order valence-electron chi connectivity index (χ1n) is 14.0. The minimum atomic E-state index is 1.02. The molecule has 4 heterocycles. The minimum Gasteiger partial charge on any atom is -0.198 e. The molecule has 2 aromatic heterocycles. The summed E-state index contributed by atoms with van der Waals surface area (Å²) in [5.41, 5.74) is 12.2. The highest BCUT2D eigenvalue weighted by Crippen LogP contribution is 2.41. The fourth-order valence-electron chi connectivity index (χ4n) is 6.61. The van der Waals surface area contributed by atoms with Gasteiger partial charge in [0.1, 0.15) is 0 Å². The van der Waals surface area contributed by atoms with Crippen molar-refractivity contribution in [1.29, 1.82) is 0 Å². The van der Waals surface area contributed by atoms with Crippen LogP contribution in [-0.4, -0.2) is 0 Å². The van der Waals surface area contributed by atoms with E-state index in [1.807, 2.05) is 0 Å². The Labute approximate surface area is 229 Å². The van der Waals surface area contributed by atoms with Crippen LogP contribution in [0.4, 0.5) is 0 Å². The fraction of sp³-hybridized carbons (Fsp3) is 0.135. The third-order valence-corrected chi connectivity index (χ3v) is 8.60. The Kier molecular flexibility index (Phi) is 5.03. The predicted molar refractivity (Wildman–Crippen MR) is 160 cm³/mol. The van der Waals surface area contributed by atoms with Crippen molar-refractivity contribution in [2.75, 3.05) is 0 Å². The molecule has 0 saturated heterocycles. The topological polar surface area (TPSA) is 7.76 Å². The van der Waals surface area contributed by atoms with Crippen LogP contribution in [0.15, 0.2) is 103 Å². The standard InChI is InChI=1S/C37H30N2/c1-25-6-10-32-23-26(9-11-31(32)22-25)7-8-27-14-18-38-19-16-29-12-13-30-17-21-39-20-15-28-4-2-3-5-33(28)37(39)36(30)35(29)34(38)24-27/h2-15,18,20,22-24H,16-17,19,21H2,1H3/q+2/b8-7+. The molecule has 2 aliphatic rings. The van der Waals surface area contributed by atoms with E-state index in [0.29, 0.717) is 0 Å². The highest BCUT2D eigenvalue weighted by molar-refractivity contribution is 5.98. The van der Waals surface area contributed by atoms with Crippen LogP contribution in [0.2, 0.25) is 0 Å². The summed E-state index contributed by atoms with van der Waals surface area (Å²) in [5.74, 6) is 0. The van der Waals surface area contributed by atoms with Gasteiger partial charge in [-0.05, 0) is 57.5 Å². The number of fused-ring (bicyclic) bond motifs is 10. The Morgan fingerprint density at radius 2 is 1.31 bits per heavy atom. The summed E-state index contributed by atoms with van der Waals surface area (Å²) in [4.78, 5) is 0. The third-order valence-electron chi connectivity index (χ3n) is 8.60. The number of pyridine rings is 2. The summed E-state index contributed by atoms with van der Waals surface area (Å²) >= 11 is 0. The number of aromatic nitrogens is 2. The van der Waals surface area contributed by atoms with E-state index in [-0.39, 0.29) is 0 Å². The van der Waals surface area contributed by atoms with Gasteiger partial charge in [0.2, 0.25) is 11.4 Å². The molecule has 0 saturated carbocycles. The van der Waals surface area contributed by atoms with Crippen molar-refractivity contribution < 1.29 is 9.13 Å². The van der Waals surface area contributed by atoms with Crippen molar-refractivity contribution in [2.45, 2.75) is 32.9 Å². The number of hydrogen-bond donors (Lipinski definition) is 0. The van der Waals surface area contributed by atoms with E-state index in [0.717, 1.165) is 25.9 Å². The van der Waals surface area contributed by atoms with Crippen LogP contribution in [0.25, 0.3) is 56.2 Å². The van der Waals surface area contributed by atoms with E-state index in [2.05, 4.69) is 132 Å². The fourth-order valence-corrected chi connectivity index (χ4v) is 6.61. The van der Waals surface area contributed by atoms with Crippen molar-refractivity contribution in [3.8, 4) is 22.5 Å². The lowest BCUT2D eigenvalue weighted by Gasteiger charge is -2.23. The number of rotatable bonds is 2. The number of hydrogen-bond acceptors (Lipinski definition) is 0. The molecule has 4 aromatic carbocycles. The second-order valence-electron chi connectivity index (χ2n) is 11.1. The van der Waals surface area contributed by atoms with Crippen LogP contribution in [0.3, 0.4) is 0 Å². The zero-order chi connectivity index (χ0) is 25.9. The van der Waals surface area contributed by atoms with Gasteiger partial charge in [0, 0.05) is 31.0 Å². The molecule has 0 atom stereocenters. The van der Waals surface area contributed by atoms with Gasteiger partial charge in [-0.25, -0.2) is 0 Å². The molecule has 8 rings (SSSR count). The maximum atomic E-state index is 2.47. The molecule has 2 nitrogen and oxygen atoms in total. The average molecular weight is 503 g/mol. The summed E-state index contributed by atoms with van der Waals surface area (Å²) in [6.45, 7) is 4.20. The minimum absolute atomic E-state index is 1.02. The Bertz CT molecular complexity index is 1980. The predicted octanol–water partition coefficient (Wildman–Crippen LogP) is 7.49. The molecule has 0 spiro atoms. The second kappa shape index (κ2) is 8.74. The summed E-state index contributed by atoms with van der Waals surface area (Å²) < 4.78 is 4.91. The Balaban J connectivity index is 1.27. The van der Waals surface area contributed by atoms with E-state index >= 15 is 0 Å². The van der Waals surface area contributed by atoms with Crippen molar-refractivity contribution in [3.05, 3.63) is 131 Å². The molecule has 0 unspecified atom stereocenters. The summed E-state index contributed by atoms with van der Waals surface area (Å²) in [6, 6.07) is 33.9. The molecular formula is C37H30N2+2. The molecular weight excluding hydrogens is 472 g/mol. The van der Waals surface area contributed by atoms with Crippen LogP contribution >= 0.6 is 0 Å². The maximum absolute atomic E-state index is 2.47. The van der Waals surface area contributed by atoms with Gasteiger partial charge in [0.15, 0.2) is 25.5 Å². The van der Waals surface area contributed by atoms with Crippen LogP contribution in [0.5, 0.6) is 0 Å². The van der Waals surface area contributed by atoms with Crippen LogP contribution < -0.4 is 9.13 Å². The highest BCUT2D eigenvalue weighted by Gasteiger charge is 2.34. The average Bonchev–Trinajstić information content (AvgIpc) is 2.99. The molecule has 39 heavy (non-hydrogen) atoms. The number of nitrogens with zero attached hydrogens (tertiary/aromatic N) is 2. The van der Waals surface area contributed by atoms with Gasteiger partial charge in [0.25, 0.3) is 0 Å². The lowest BCUT2D eigenvalue weighted by molar-refractivity contribution is -0.689. The second-order valence-corrected chi connectivity index (χ2v) is 11.1. The molecule has 0 radical (unpaired) electrons. The highest BCUT2D eigenvalue weighted by atomic mass is 15.0. The molecule has 2 heteroatoms. The quantitative estimate of drug-likeness (QED) is 0.217. The normalized spacial score (nSPS) is 13.8. The van der Waals surface area contributed by atoms with Crippen LogP contribution in [0, 0.1) is 6.92 Å². The monoisotopic (exact) mass is 502 g/mol. The van der Waals surface area contributed by atoms with Crippen molar-refractivity contribution in [2.24, 2.45) is 0 Å². The lowest BCUT2D eigenvalue weighted by atomic mass is 9.83. The first-order valence-corrected chi connectivity index (χ1v) is 14.0. The first-order chi connectivity index (χ1) is 19.2. The molecule has 0 aliphatic carbocycles. The third kappa shape index (κ3) is 3.71. The number of aryl methyl sites for hydroxylation is 5. The van der Waals surface area contributed by atoms with Gasteiger partial charge in [-0.1, -0.05) is 78.4 Å². The van der Waals surface area contributed by atoms with Crippen molar-refractivity contribution >= 4 is 33.7 Å². The molecule has 0 bridgehead atoms. The van der Waals surface area contributed by atoms with Gasteiger partial charge in [0.05, 0.1) is 16.5 Å². The summed E-state index contributed by atoms with van der Waals surface area (Å²) in [7, 11) is 0. The van der Waals surface area contributed by atoms with E-state index in [1.54, 1.807) is 0 Å². The van der Waals surface area contributed by atoms with E-state index < -0.39 is 0 Å². The van der Waals surface area contributed by atoms with Gasteiger partial charge >= 0.3 is 0 Å².